The molecule has 2 aliphatic heterocycles. The average Bonchev–Trinajstić information content (AvgIpc) is 3.25. The van der Waals surface area contributed by atoms with Gasteiger partial charge in [-0.1, -0.05) is 11.6 Å². The lowest BCUT2D eigenvalue weighted by atomic mass is 10.1. The highest BCUT2D eigenvalue weighted by Gasteiger charge is 2.42. The molecular formula is C24H24ClFN4O6. The molecule has 2 aromatic rings. The van der Waals surface area contributed by atoms with Gasteiger partial charge in [0, 0.05) is 35.8 Å². The van der Waals surface area contributed by atoms with Crippen LogP contribution < -0.4 is 15.5 Å². The minimum Gasteiger partial charge on any atom is -0.450 e. The van der Waals surface area contributed by atoms with E-state index in [2.05, 4.69) is 10.6 Å². The van der Waals surface area contributed by atoms with Crippen molar-refractivity contribution in [1.29, 1.82) is 0 Å². The molecular weight excluding hydrogens is 495 g/mol. The van der Waals surface area contributed by atoms with Gasteiger partial charge in [0.15, 0.2) is 0 Å². The fourth-order valence-corrected chi connectivity index (χ4v) is 4.42. The Kier molecular flexibility index (Phi) is 7.58. The number of anilines is 3. The van der Waals surface area contributed by atoms with Crippen molar-refractivity contribution >= 4 is 52.7 Å². The molecule has 36 heavy (non-hydrogen) atoms. The van der Waals surface area contributed by atoms with Gasteiger partial charge in [0.05, 0.1) is 12.2 Å². The van der Waals surface area contributed by atoms with Crippen LogP contribution in [-0.2, 0) is 14.3 Å². The number of amides is 4. The Hall–Kier alpha value is -3.86. The van der Waals surface area contributed by atoms with Crippen LogP contribution in [0.25, 0.3) is 0 Å². The lowest BCUT2D eigenvalue weighted by Gasteiger charge is -2.27. The number of hydrogen-bond donors (Lipinski definition) is 3. The second kappa shape index (κ2) is 10.8. The molecule has 10 nitrogen and oxygen atoms in total. The van der Waals surface area contributed by atoms with E-state index in [4.69, 9.17) is 21.4 Å². The van der Waals surface area contributed by atoms with Gasteiger partial charge in [0.1, 0.15) is 18.0 Å². The van der Waals surface area contributed by atoms with Crippen LogP contribution in [0.15, 0.2) is 42.5 Å². The van der Waals surface area contributed by atoms with E-state index in [1.807, 2.05) is 0 Å². The molecule has 2 aromatic carbocycles. The molecule has 2 fully saturated rings. The molecule has 12 heteroatoms. The van der Waals surface area contributed by atoms with Crippen molar-refractivity contribution in [3.05, 3.63) is 53.3 Å². The maximum atomic E-state index is 14.8. The zero-order chi connectivity index (χ0) is 25.8. The van der Waals surface area contributed by atoms with Crippen molar-refractivity contribution in [3.63, 3.8) is 0 Å². The molecule has 2 unspecified atom stereocenters. The van der Waals surface area contributed by atoms with Crippen LogP contribution in [0.2, 0.25) is 5.02 Å². The molecule has 0 saturated carbocycles. The fraction of sp³-hybridized carbons (Fsp3) is 0.333. The Balaban J connectivity index is 1.48. The third-order valence-electron chi connectivity index (χ3n) is 6.03. The van der Waals surface area contributed by atoms with Gasteiger partial charge in [-0.2, -0.15) is 0 Å². The number of rotatable bonds is 5. The molecule has 2 saturated heterocycles. The van der Waals surface area contributed by atoms with E-state index in [9.17, 15) is 23.6 Å². The number of carbonyl (C=O) groups excluding carboxylic acids is 3. The molecule has 0 bridgehead atoms. The number of carboxylic acid groups (broad SMARTS) is 1. The number of piperidine rings is 1. The van der Waals surface area contributed by atoms with Crippen molar-refractivity contribution < 1.29 is 33.4 Å². The molecule has 2 aliphatic rings. The summed E-state index contributed by atoms with van der Waals surface area (Å²) in [6.07, 6.45) is -0.563. The molecule has 2 heterocycles. The molecule has 0 aliphatic carbocycles. The molecule has 2 atom stereocenters. The van der Waals surface area contributed by atoms with Crippen LogP contribution >= 0.6 is 11.6 Å². The summed E-state index contributed by atoms with van der Waals surface area (Å²) in [7, 11) is 0. The van der Waals surface area contributed by atoms with E-state index < -0.39 is 36.1 Å². The van der Waals surface area contributed by atoms with Crippen LogP contribution in [0.1, 0.15) is 25.7 Å². The zero-order valence-corrected chi connectivity index (χ0v) is 19.8. The van der Waals surface area contributed by atoms with Crippen LogP contribution in [0.4, 0.5) is 31.0 Å². The Bertz CT molecular complexity index is 1180. The molecule has 0 aromatic heterocycles. The molecule has 4 rings (SSSR count). The molecule has 0 spiro atoms. The number of benzene rings is 2. The van der Waals surface area contributed by atoms with Gasteiger partial charge in [-0.05, 0) is 55.3 Å². The van der Waals surface area contributed by atoms with Crippen molar-refractivity contribution in [3.8, 4) is 0 Å². The predicted molar refractivity (Wildman–Crippen MR) is 130 cm³/mol. The van der Waals surface area contributed by atoms with Gasteiger partial charge in [-0.3, -0.25) is 9.59 Å². The van der Waals surface area contributed by atoms with Crippen LogP contribution in [0.5, 0.6) is 0 Å². The summed E-state index contributed by atoms with van der Waals surface area (Å²) in [6.45, 7) is 0.330. The third-order valence-corrected chi connectivity index (χ3v) is 6.29. The first kappa shape index (κ1) is 25.2. The Morgan fingerprint density at radius 2 is 1.83 bits per heavy atom. The summed E-state index contributed by atoms with van der Waals surface area (Å²) in [5, 5.41) is 14.5. The smallest absolute Gasteiger partial charge is 0.450 e. The second-order valence-corrected chi connectivity index (χ2v) is 8.94. The van der Waals surface area contributed by atoms with E-state index in [0.717, 1.165) is 17.7 Å². The first-order valence-corrected chi connectivity index (χ1v) is 11.7. The minimum absolute atomic E-state index is 0.0878. The van der Waals surface area contributed by atoms with E-state index in [0.29, 0.717) is 29.4 Å². The summed E-state index contributed by atoms with van der Waals surface area (Å²) in [4.78, 5) is 51.8. The Morgan fingerprint density at radius 3 is 2.50 bits per heavy atom. The van der Waals surface area contributed by atoms with Crippen LogP contribution in [0, 0.1) is 5.82 Å². The van der Waals surface area contributed by atoms with Gasteiger partial charge in [0.2, 0.25) is 11.8 Å². The van der Waals surface area contributed by atoms with Crippen molar-refractivity contribution in [2.24, 2.45) is 0 Å². The highest BCUT2D eigenvalue weighted by Crippen LogP contribution is 2.28. The van der Waals surface area contributed by atoms with Crippen LogP contribution in [0.3, 0.4) is 0 Å². The van der Waals surface area contributed by atoms with Gasteiger partial charge in [-0.25, -0.2) is 14.0 Å². The highest BCUT2D eigenvalue weighted by atomic mass is 35.5. The first-order chi connectivity index (χ1) is 17.2. The number of hydrogen-bond acceptors (Lipinski definition) is 5. The molecule has 4 amide bonds. The van der Waals surface area contributed by atoms with Crippen LogP contribution in [-0.4, -0.2) is 59.2 Å². The van der Waals surface area contributed by atoms with E-state index in [1.54, 1.807) is 24.3 Å². The van der Waals surface area contributed by atoms with Crippen molar-refractivity contribution in [1.82, 2.24) is 4.90 Å². The average molecular weight is 519 g/mol. The number of nitrogens with one attached hydrogen (secondary N) is 2. The quantitative estimate of drug-likeness (QED) is 0.506. The normalized spacial score (nSPS) is 19.7. The van der Waals surface area contributed by atoms with Gasteiger partial charge in [-0.15, -0.1) is 0 Å². The van der Waals surface area contributed by atoms with E-state index in [1.165, 1.54) is 23.1 Å². The summed E-state index contributed by atoms with van der Waals surface area (Å²) in [5.41, 5.74) is 0.684. The van der Waals surface area contributed by atoms with E-state index in [-0.39, 0.29) is 24.6 Å². The minimum atomic E-state index is -1.53. The SMILES string of the molecule is O=C(O)OC1CC(C(=O)Nc2ccc(N3CCCCC3=O)cc2F)N(C(=O)Nc2ccc(Cl)cc2)C1. The summed E-state index contributed by atoms with van der Waals surface area (Å²) < 4.78 is 19.6. The number of ether oxygens (including phenoxy) is 1. The second-order valence-electron chi connectivity index (χ2n) is 8.50. The lowest BCUT2D eigenvalue weighted by molar-refractivity contribution is -0.120. The Labute approximate surface area is 210 Å². The fourth-order valence-electron chi connectivity index (χ4n) is 4.30. The molecule has 190 valence electrons. The zero-order valence-electron chi connectivity index (χ0n) is 19.1. The van der Waals surface area contributed by atoms with Gasteiger partial charge in [0.25, 0.3) is 0 Å². The molecule has 0 radical (unpaired) electrons. The summed E-state index contributed by atoms with van der Waals surface area (Å²) in [5.74, 6) is -1.54. The van der Waals surface area contributed by atoms with E-state index >= 15 is 0 Å². The largest absolute Gasteiger partial charge is 0.506 e. The van der Waals surface area contributed by atoms with Crippen molar-refractivity contribution in [2.45, 2.75) is 37.8 Å². The van der Waals surface area contributed by atoms with Gasteiger partial charge >= 0.3 is 12.2 Å². The van der Waals surface area contributed by atoms with Crippen molar-refractivity contribution in [2.75, 3.05) is 28.6 Å². The maximum absolute atomic E-state index is 14.8. The topological polar surface area (TPSA) is 128 Å². The lowest BCUT2D eigenvalue weighted by Crippen LogP contribution is -2.45. The number of urea groups is 1. The maximum Gasteiger partial charge on any atom is 0.506 e. The molecule has 3 N–H and O–H groups in total. The number of likely N-dealkylation sites (tertiary alicyclic amines) is 1. The third kappa shape index (κ3) is 5.85. The summed E-state index contributed by atoms with van der Waals surface area (Å²) >= 11 is 5.86. The van der Waals surface area contributed by atoms with Gasteiger partial charge < -0.3 is 30.3 Å². The number of carbonyl (C=O) groups is 4. The number of halogens is 2. The standard InChI is InChI=1S/C24H24ClFN4O6/c25-14-4-6-15(7-5-14)27-23(33)30-13-17(36-24(34)35)12-20(30)22(32)28-19-9-8-16(11-18(19)26)29-10-2-1-3-21(29)31/h4-9,11,17,20H,1-3,10,12-13H2,(H,27,33)(H,28,32)(H,34,35). The highest BCUT2D eigenvalue weighted by molar-refractivity contribution is 6.30. The predicted octanol–water partition coefficient (Wildman–Crippen LogP) is 4.30. The Morgan fingerprint density at radius 1 is 1.08 bits per heavy atom. The summed E-state index contributed by atoms with van der Waals surface area (Å²) in [6, 6.07) is 8.58. The number of nitrogens with zero attached hydrogens (tertiary/aromatic N) is 2. The first-order valence-electron chi connectivity index (χ1n) is 11.3. The monoisotopic (exact) mass is 518 g/mol.